The van der Waals surface area contributed by atoms with Gasteiger partial charge < -0.3 is 15.1 Å². The molecule has 0 bridgehead atoms. The van der Waals surface area contributed by atoms with E-state index in [0.29, 0.717) is 17.7 Å². The van der Waals surface area contributed by atoms with Gasteiger partial charge in [0, 0.05) is 12.0 Å². The molecule has 3 rings (SSSR count). The van der Waals surface area contributed by atoms with E-state index in [9.17, 15) is 9.59 Å². The first kappa shape index (κ1) is 18.1. The highest BCUT2D eigenvalue weighted by Gasteiger charge is 2.26. The lowest BCUT2D eigenvalue weighted by molar-refractivity contribution is -0.917. The summed E-state index contributed by atoms with van der Waals surface area (Å²) >= 11 is 0. The second kappa shape index (κ2) is 8.63. The lowest BCUT2D eigenvalue weighted by Gasteiger charge is -2.32. The molecular weight excluding hydrogens is 326 g/mol. The molecule has 0 unspecified atom stereocenters. The average molecular weight is 352 g/mol. The summed E-state index contributed by atoms with van der Waals surface area (Å²) in [5.74, 6) is -0.0851. The van der Waals surface area contributed by atoms with E-state index in [1.807, 2.05) is 23.1 Å². The molecule has 0 aliphatic carbocycles. The van der Waals surface area contributed by atoms with Crippen LogP contribution in [0.5, 0.6) is 0 Å². The topological polar surface area (TPSA) is 53.9 Å². The van der Waals surface area contributed by atoms with Crippen LogP contribution >= 0.6 is 0 Å². The molecule has 1 saturated heterocycles. The third kappa shape index (κ3) is 4.49. The van der Waals surface area contributed by atoms with Gasteiger partial charge in [0.15, 0.2) is 0 Å². The van der Waals surface area contributed by atoms with Crippen LogP contribution in [-0.4, -0.2) is 42.9 Å². The molecule has 1 aliphatic heterocycles. The number of hydrogen-bond acceptors (Lipinski definition) is 2. The Labute approximate surface area is 154 Å². The zero-order valence-corrected chi connectivity index (χ0v) is 15.2. The first-order chi connectivity index (χ1) is 12.7. The number of quaternary nitrogens is 1. The molecule has 2 amide bonds. The van der Waals surface area contributed by atoms with Crippen molar-refractivity contribution in [3.63, 3.8) is 0 Å². The van der Waals surface area contributed by atoms with Crippen LogP contribution < -0.4 is 10.2 Å². The number of anilines is 1. The van der Waals surface area contributed by atoms with Gasteiger partial charge in [0.05, 0.1) is 37.4 Å². The van der Waals surface area contributed by atoms with Crippen LogP contribution in [0.3, 0.4) is 0 Å². The van der Waals surface area contributed by atoms with E-state index in [2.05, 4.69) is 29.6 Å². The van der Waals surface area contributed by atoms with E-state index in [1.54, 1.807) is 19.1 Å². The monoisotopic (exact) mass is 352 g/mol. The van der Waals surface area contributed by atoms with Crippen LogP contribution in [-0.2, 0) is 11.3 Å². The van der Waals surface area contributed by atoms with E-state index in [1.165, 1.54) is 10.5 Å². The number of piperazine rings is 1. The number of amides is 2. The minimum absolute atomic E-state index is 0.00392. The second-order valence-corrected chi connectivity index (χ2v) is 6.65. The number of carbonyl (C=O) groups excluding carboxylic acids is 2. The summed E-state index contributed by atoms with van der Waals surface area (Å²) in [6.07, 6.45) is 0.393. The second-order valence-electron chi connectivity index (χ2n) is 6.65. The van der Waals surface area contributed by atoms with E-state index < -0.39 is 0 Å². The molecule has 0 aromatic heterocycles. The van der Waals surface area contributed by atoms with Gasteiger partial charge in [-0.3, -0.25) is 9.59 Å². The van der Waals surface area contributed by atoms with Crippen LogP contribution in [0, 0.1) is 0 Å². The van der Waals surface area contributed by atoms with Crippen LogP contribution in [0.2, 0.25) is 0 Å². The summed E-state index contributed by atoms with van der Waals surface area (Å²) in [4.78, 5) is 28.0. The number of nitrogens with zero attached hydrogens (tertiary/aromatic N) is 1. The molecule has 1 heterocycles. The van der Waals surface area contributed by atoms with Crippen molar-refractivity contribution in [2.75, 3.05) is 31.5 Å². The number of carbonyl (C=O) groups is 2. The van der Waals surface area contributed by atoms with Crippen molar-refractivity contribution in [3.8, 4) is 0 Å². The van der Waals surface area contributed by atoms with Crippen molar-refractivity contribution in [2.45, 2.75) is 19.9 Å². The van der Waals surface area contributed by atoms with Crippen molar-refractivity contribution in [2.24, 2.45) is 0 Å². The molecule has 0 saturated carbocycles. The van der Waals surface area contributed by atoms with Gasteiger partial charge in [-0.1, -0.05) is 49.4 Å². The Morgan fingerprint density at radius 1 is 1.00 bits per heavy atom. The normalized spacial score (nSPS) is 14.9. The molecule has 5 heteroatoms. The van der Waals surface area contributed by atoms with E-state index >= 15 is 0 Å². The Morgan fingerprint density at radius 2 is 1.65 bits per heavy atom. The molecular formula is C21H26N3O2+. The summed E-state index contributed by atoms with van der Waals surface area (Å²) in [6, 6.07) is 17.7. The lowest BCUT2D eigenvalue weighted by atomic mass is 10.1. The average Bonchev–Trinajstić information content (AvgIpc) is 2.69. The SMILES string of the molecule is CCC(=O)Nc1ccccc1C(=O)N1CC[NH+](Cc2ccccc2)CC1. The van der Waals surface area contributed by atoms with Crippen LogP contribution in [0.15, 0.2) is 54.6 Å². The highest BCUT2D eigenvalue weighted by molar-refractivity contribution is 6.03. The number of hydrogen-bond donors (Lipinski definition) is 2. The van der Waals surface area contributed by atoms with Crippen LogP contribution in [0.25, 0.3) is 0 Å². The molecule has 26 heavy (non-hydrogen) atoms. The van der Waals surface area contributed by atoms with Gasteiger partial charge in [-0.05, 0) is 12.1 Å². The number of nitrogens with one attached hydrogen (secondary N) is 2. The Kier molecular flexibility index (Phi) is 6.02. The molecule has 2 aromatic carbocycles. The van der Waals surface area contributed by atoms with Gasteiger partial charge in [-0.15, -0.1) is 0 Å². The Balaban J connectivity index is 1.61. The molecule has 136 valence electrons. The first-order valence-corrected chi connectivity index (χ1v) is 9.23. The Bertz CT molecular complexity index is 753. The van der Waals surface area contributed by atoms with E-state index in [0.717, 1.165) is 32.7 Å². The van der Waals surface area contributed by atoms with Gasteiger partial charge in [0.25, 0.3) is 5.91 Å². The summed E-state index contributed by atoms with van der Waals surface area (Å²) < 4.78 is 0. The fourth-order valence-electron chi connectivity index (χ4n) is 3.27. The lowest BCUT2D eigenvalue weighted by Crippen LogP contribution is -3.13. The first-order valence-electron chi connectivity index (χ1n) is 9.23. The molecule has 5 nitrogen and oxygen atoms in total. The highest BCUT2D eigenvalue weighted by atomic mass is 16.2. The zero-order valence-electron chi connectivity index (χ0n) is 15.2. The molecule has 2 aromatic rings. The minimum atomic E-state index is -0.0811. The van der Waals surface area contributed by atoms with Crippen molar-refractivity contribution in [1.82, 2.24) is 4.90 Å². The largest absolute Gasteiger partial charge is 0.328 e. The third-order valence-corrected chi connectivity index (χ3v) is 4.81. The Hall–Kier alpha value is -2.66. The standard InChI is InChI=1S/C21H25N3O2/c1-2-20(25)22-19-11-7-6-10-18(19)21(26)24-14-12-23(13-15-24)16-17-8-4-3-5-9-17/h3-11H,2,12-16H2,1H3,(H,22,25)/p+1. The number of benzene rings is 2. The molecule has 2 N–H and O–H groups in total. The van der Waals surface area contributed by atoms with Crippen LogP contribution in [0.4, 0.5) is 5.69 Å². The van der Waals surface area contributed by atoms with Gasteiger partial charge >= 0.3 is 0 Å². The highest BCUT2D eigenvalue weighted by Crippen LogP contribution is 2.17. The van der Waals surface area contributed by atoms with Crippen LogP contribution in [0.1, 0.15) is 29.3 Å². The minimum Gasteiger partial charge on any atom is -0.328 e. The van der Waals surface area contributed by atoms with Crippen molar-refractivity contribution in [1.29, 1.82) is 0 Å². The maximum absolute atomic E-state index is 12.9. The van der Waals surface area contributed by atoms with E-state index in [4.69, 9.17) is 0 Å². The molecule has 0 atom stereocenters. The fourth-order valence-corrected chi connectivity index (χ4v) is 3.27. The van der Waals surface area contributed by atoms with Gasteiger partial charge in [0.2, 0.25) is 5.91 Å². The fraction of sp³-hybridized carbons (Fsp3) is 0.333. The summed E-state index contributed by atoms with van der Waals surface area (Å²) in [5, 5.41) is 2.83. The predicted molar refractivity (Wildman–Crippen MR) is 102 cm³/mol. The van der Waals surface area contributed by atoms with Crippen molar-refractivity contribution in [3.05, 3.63) is 65.7 Å². The maximum Gasteiger partial charge on any atom is 0.256 e. The summed E-state index contributed by atoms with van der Waals surface area (Å²) in [5.41, 5.74) is 2.50. The molecule has 1 aliphatic rings. The zero-order chi connectivity index (χ0) is 18.4. The van der Waals surface area contributed by atoms with Gasteiger partial charge in [-0.2, -0.15) is 0 Å². The number of para-hydroxylation sites is 1. The Morgan fingerprint density at radius 3 is 2.35 bits per heavy atom. The van der Waals surface area contributed by atoms with Crippen molar-refractivity contribution >= 4 is 17.5 Å². The molecule has 1 fully saturated rings. The number of rotatable bonds is 5. The summed E-state index contributed by atoms with van der Waals surface area (Å²) in [6.45, 7) is 6.13. The maximum atomic E-state index is 12.9. The van der Waals surface area contributed by atoms with Crippen molar-refractivity contribution < 1.29 is 14.5 Å². The summed E-state index contributed by atoms with van der Waals surface area (Å²) in [7, 11) is 0. The quantitative estimate of drug-likeness (QED) is 0.858. The molecule has 0 radical (unpaired) electrons. The smallest absolute Gasteiger partial charge is 0.256 e. The third-order valence-electron chi connectivity index (χ3n) is 4.81. The van der Waals surface area contributed by atoms with E-state index in [-0.39, 0.29) is 11.8 Å². The van der Waals surface area contributed by atoms with Gasteiger partial charge in [0.1, 0.15) is 6.54 Å². The van der Waals surface area contributed by atoms with Gasteiger partial charge in [-0.25, -0.2) is 0 Å². The molecule has 0 spiro atoms. The predicted octanol–water partition coefficient (Wildman–Crippen LogP) is 1.58.